The van der Waals surface area contributed by atoms with Crippen LogP contribution in [0.25, 0.3) is 0 Å². The zero-order valence-corrected chi connectivity index (χ0v) is 18.0. The van der Waals surface area contributed by atoms with E-state index in [0.717, 1.165) is 16.7 Å². The Balaban J connectivity index is 1.74. The van der Waals surface area contributed by atoms with Crippen molar-refractivity contribution in [1.29, 1.82) is 0 Å². The smallest absolute Gasteiger partial charge is 0.264 e. The van der Waals surface area contributed by atoms with Crippen LogP contribution in [0.4, 0.5) is 11.4 Å². The number of nitrogens with one attached hydrogen (secondary N) is 1. The molecule has 3 aromatic rings. The number of nitrogens with zero attached hydrogens (tertiary/aromatic N) is 1. The number of rotatable bonds is 3. The normalized spacial score (nSPS) is 12.9. The van der Waals surface area contributed by atoms with E-state index in [9.17, 15) is 13.2 Å². The second-order valence-corrected chi connectivity index (χ2v) is 9.42. The molecular formula is C23H22N2O4S. The van der Waals surface area contributed by atoms with Crippen LogP contribution in [0, 0.1) is 20.8 Å². The average molecular weight is 423 g/mol. The number of sulfonamides is 1. The fourth-order valence-electron chi connectivity index (χ4n) is 3.28. The first-order valence-electron chi connectivity index (χ1n) is 9.47. The topological polar surface area (TPSA) is 75.7 Å². The van der Waals surface area contributed by atoms with Gasteiger partial charge < -0.3 is 10.1 Å². The molecule has 0 fully saturated rings. The van der Waals surface area contributed by atoms with Crippen molar-refractivity contribution >= 4 is 27.3 Å². The third-order valence-electron chi connectivity index (χ3n) is 5.31. The van der Waals surface area contributed by atoms with Crippen LogP contribution in [-0.4, -0.2) is 21.4 Å². The minimum absolute atomic E-state index is 0.0165. The number of carbonyl (C=O) groups excluding carboxylic acids is 1. The number of hydrogen-bond acceptors (Lipinski definition) is 4. The number of aryl methyl sites for hydroxylation is 3. The zero-order valence-electron chi connectivity index (χ0n) is 17.2. The summed E-state index contributed by atoms with van der Waals surface area (Å²) in [5.74, 6) is 0.410. The Hall–Kier alpha value is -3.32. The molecule has 30 heavy (non-hydrogen) atoms. The summed E-state index contributed by atoms with van der Waals surface area (Å²) in [5, 5.41) is 2.79. The molecule has 0 spiro atoms. The Morgan fingerprint density at radius 2 is 1.63 bits per heavy atom. The van der Waals surface area contributed by atoms with Crippen molar-refractivity contribution in [3.8, 4) is 11.5 Å². The molecule has 1 N–H and O–H groups in total. The third-order valence-corrected chi connectivity index (χ3v) is 7.09. The van der Waals surface area contributed by atoms with Crippen LogP contribution in [0.15, 0.2) is 59.5 Å². The number of benzene rings is 3. The molecule has 0 bridgehead atoms. The molecule has 4 rings (SSSR count). The predicted molar refractivity (Wildman–Crippen MR) is 117 cm³/mol. The van der Waals surface area contributed by atoms with E-state index in [1.54, 1.807) is 12.1 Å². The summed E-state index contributed by atoms with van der Waals surface area (Å²) in [4.78, 5) is 12.8. The molecule has 3 aromatic carbocycles. The number of amides is 1. The summed E-state index contributed by atoms with van der Waals surface area (Å²) in [6, 6.07) is 15.3. The maximum atomic E-state index is 13.2. The van der Waals surface area contributed by atoms with Gasteiger partial charge in [0.1, 0.15) is 5.75 Å². The second kappa shape index (κ2) is 7.18. The van der Waals surface area contributed by atoms with Gasteiger partial charge in [-0.05, 0) is 79.9 Å². The predicted octanol–water partition coefficient (Wildman–Crippen LogP) is 4.79. The molecular weight excluding hydrogens is 400 g/mol. The first-order valence-corrected chi connectivity index (χ1v) is 10.9. The molecule has 1 aliphatic heterocycles. The lowest BCUT2D eigenvalue weighted by molar-refractivity contribution is 0.102. The lowest BCUT2D eigenvalue weighted by Gasteiger charge is -2.21. The Bertz CT molecular complexity index is 1280. The van der Waals surface area contributed by atoms with Gasteiger partial charge in [-0.3, -0.25) is 9.10 Å². The van der Waals surface area contributed by atoms with E-state index in [0.29, 0.717) is 22.9 Å². The Kier molecular flexibility index (Phi) is 4.78. The van der Waals surface area contributed by atoms with Gasteiger partial charge in [0.05, 0.1) is 21.8 Å². The average Bonchev–Trinajstić information content (AvgIpc) is 2.84. The van der Waals surface area contributed by atoms with Crippen molar-refractivity contribution < 1.29 is 17.9 Å². The van der Waals surface area contributed by atoms with Crippen molar-refractivity contribution in [1.82, 2.24) is 0 Å². The standard InChI is InChI=1S/C23H22N2O4S/c1-14-5-9-20-22(11-14)29-21-10-8-18(13-19(21)23(26)24-20)30(27,28)25(4)17-7-6-15(2)16(3)12-17/h5-13H,1-4H3,(H,24,26). The van der Waals surface area contributed by atoms with E-state index in [-0.39, 0.29) is 10.5 Å². The Labute approximate surface area is 176 Å². The fourth-order valence-corrected chi connectivity index (χ4v) is 4.49. The number of fused-ring (bicyclic) bond motifs is 2. The summed E-state index contributed by atoms with van der Waals surface area (Å²) in [5.41, 5.74) is 4.32. The molecule has 7 heteroatoms. The van der Waals surface area contributed by atoms with Gasteiger partial charge in [0.15, 0.2) is 5.75 Å². The van der Waals surface area contributed by atoms with E-state index in [1.165, 1.54) is 29.6 Å². The van der Waals surface area contributed by atoms with Crippen molar-refractivity contribution in [3.63, 3.8) is 0 Å². The maximum Gasteiger partial charge on any atom is 0.264 e. The number of hydrogen-bond donors (Lipinski definition) is 1. The van der Waals surface area contributed by atoms with Crippen molar-refractivity contribution in [2.45, 2.75) is 25.7 Å². The van der Waals surface area contributed by atoms with E-state index >= 15 is 0 Å². The third kappa shape index (κ3) is 3.41. The zero-order chi connectivity index (χ0) is 21.6. The van der Waals surface area contributed by atoms with Gasteiger partial charge in [-0.25, -0.2) is 8.42 Å². The van der Waals surface area contributed by atoms with E-state index in [2.05, 4.69) is 5.32 Å². The molecule has 6 nitrogen and oxygen atoms in total. The lowest BCUT2D eigenvalue weighted by Crippen LogP contribution is -2.27. The van der Waals surface area contributed by atoms with Crippen LogP contribution in [0.3, 0.4) is 0 Å². The van der Waals surface area contributed by atoms with Crippen LogP contribution in [0.2, 0.25) is 0 Å². The van der Waals surface area contributed by atoms with Crippen LogP contribution in [0.1, 0.15) is 27.0 Å². The number of anilines is 2. The van der Waals surface area contributed by atoms with Crippen LogP contribution in [-0.2, 0) is 10.0 Å². The summed E-state index contributed by atoms with van der Waals surface area (Å²) >= 11 is 0. The summed E-state index contributed by atoms with van der Waals surface area (Å²) in [6.07, 6.45) is 0. The van der Waals surface area contributed by atoms with Gasteiger partial charge >= 0.3 is 0 Å². The second-order valence-electron chi connectivity index (χ2n) is 7.45. The Morgan fingerprint density at radius 3 is 2.37 bits per heavy atom. The molecule has 0 aromatic heterocycles. The molecule has 0 aliphatic carbocycles. The lowest BCUT2D eigenvalue weighted by atomic mass is 10.1. The van der Waals surface area contributed by atoms with Gasteiger partial charge in [0, 0.05) is 7.05 Å². The van der Waals surface area contributed by atoms with Crippen LogP contribution in [0.5, 0.6) is 11.5 Å². The molecule has 0 unspecified atom stereocenters. The van der Waals surface area contributed by atoms with E-state index in [4.69, 9.17) is 4.74 Å². The van der Waals surface area contributed by atoms with Gasteiger partial charge in [0.2, 0.25) is 0 Å². The molecule has 154 valence electrons. The van der Waals surface area contributed by atoms with Crippen molar-refractivity contribution in [3.05, 3.63) is 76.9 Å². The van der Waals surface area contributed by atoms with E-state index < -0.39 is 15.9 Å². The van der Waals surface area contributed by atoms with E-state index in [1.807, 2.05) is 45.0 Å². The quantitative estimate of drug-likeness (QED) is 0.658. The summed E-state index contributed by atoms with van der Waals surface area (Å²) in [6.45, 7) is 5.83. The highest BCUT2D eigenvalue weighted by molar-refractivity contribution is 7.92. The molecule has 1 heterocycles. The van der Waals surface area contributed by atoms with Gasteiger partial charge in [-0.1, -0.05) is 12.1 Å². The molecule has 0 radical (unpaired) electrons. The molecule has 0 saturated heterocycles. The molecule has 1 amide bonds. The van der Waals surface area contributed by atoms with Gasteiger partial charge in [-0.15, -0.1) is 0 Å². The van der Waals surface area contributed by atoms with Gasteiger partial charge in [-0.2, -0.15) is 0 Å². The highest BCUT2D eigenvalue weighted by Gasteiger charge is 2.27. The maximum absolute atomic E-state index is 13.2. The first kappa shape index (κ1) is 20.0. The summed E-state index contributed by atoms with van der Waals surface area (Å²) < 4.78 is 33.6. The summed E-state index contributed by atoms with van der Waals surface area (Å²) in [7, 11) is -2.37. The fraction of sp³-hybridized carbons (Fsp3) is 0.174. The SMILES string of the molecule is Cc1ccc2c(c1)Oc1ccc(S(=O)(=O)N(C)c3ccc(C)c(C)c3)cc1C(=O)N2. The largest absolute Gasteiger partial charge is 0.454 e. The van der Waals surface area contributed by atoms with Crippen LogP contribution < -0.4 is 14.4 Å². The highest BCUT2D eigenvalue weighted by Crippen LogP contribution is 2.37. The van der Waals surface area contributed by atoms with Crippen LogP contribution >= 0.6 is 0 Å². The highest BCUT2D eigenvalue weighted by atomic mass is 32.2. The molecule has 0 saturated carbocycles. The van der Waals surface area contributed by atoms with Crippen molar-refractivity contribution in [2.24, 2.45) is 0 Å². The minimum Gasteiger partial charge on any atom is -0.454 e. The molecule has 1 aliphatic rings. The van der Waals surface area contributed by atoms with Gasteiger partial charge in [0.25, 0.3) is 15.9 Å². The number of ether oxygens (including phenoxy) is 1. The Morgan fingerprint density at radius 1 is 0.867 bits per heavy atom. The number of carbonyl (C=O) groups is 1. The minimum atomic E-state index is -3.87. The monoisotopic (exact) mass is 422 g/mol. The van der Waals surface area contributed by atoms with Crippen molar-refractivity contribution in [2.75, 3.05) is 16.7 Å². The first-order chi connectivity index (χ1) is 14.2. The molecule has 0 atom stereocenters.